The van der Waals surface area contributed by atoms with Crippen molar-refractivity contribution in [1.82, 2.24) is 4.90 Å². The third-order valence-electron chi connectivity index (χ3n) is 6.70. The summed E-state index contributed by atoms with van der Waals surface area (Å²) in [4.78, 5) is 2.78. The zero-order valence-corrected chi connectivity index (χ0v) is 15.1. The van der Waals surface area contributed by atoms with Crippen molar-refractivity contribution >= 4 is 0 Å². The van der Waals surface area contributed by atoms with Crippen LogP contribution in [0.25, 0.3) is 0 Å². The van der Waals surface area contributed by atoms with Crippen LogP contribution in [0.5, 0.6) is 0 Å². The lowest BCUT2D eigenvalue weighted by molar-refractivity contribution is -0.00510. The van der Waals surface area contributed by atoms with Crippen LogP contribution >= 0.6 is 0 Å². The zero-order chi connectivity index (χ0) is 15.7. The molecule has 0 atom stereocenters. The van der Waals surface area contributed by atoms with Crippen molar-refractivity contribution in [1.29, 1.82) is 0 Å². The normalized spacial score (nSPS) is 31.1. The molecule has 124 valence electrons. The molecule has 0 radical (unpaired) electrons. The van der Waals surface area contributed by atoms with Gasteiger partial charge in [-0.3, -0.25) is 4.90 Å². The number of nitrogens with two attached hydrogens (primary N) is 1. The standard InChI is InChI=1S/C19H38N2/c1-6-18(4,5)17-9-11-19(14-20,12-10-17)21(15(2)3)13-16-7-8-16/h15-17H,6-14,20H2,1-5H3. The lowest BCUT2D eigenvalue weighted by Crippen LogP contribution is -2.59. The van der Waals surface area contributed by atoms with Gasteiger partial charge in [-0.05, 0) is 69.6 Å². The monoisotopic (exact) mass is 294 g/mol. The maximum Gasteiger partial charge on any atom is 0.0334 e. The Morgan fingerprint density at radius 1 is 1.14 bits per heavy atom. The molecule has 2 heteroatoms. The van der Waals surface area contributed by atoms with Gasteiger partial charge < -0.3 is 5.73 Å². The number of rotatable bonds is 7. The van der Waals surface area contributed by atoms with Crippen LogP contribution in [0, 0.1) is 17.3 Å². The fraction of sp³-hybridized carbons (Fsp3) is 1.00. The molecule has 0 aromatic carbocycles. The molecule has 0 amide bonds. The van der Waals surface area contributed by atoms with Crippen LogP contribution in [0.1, 0.15) is 79.6 Å². The van der Waals surface area contributed by atoms with E-state index in [2.05, 4.69) is 39.5 Å². The quantitative estimate of drug-likeness (QED) is 0.752. The molecule has 0 aliphatic heterocycles. The van der Waals surface area contributed by atoms with Crippen molar-refractivity contribution in [3.8, 4) is 0 Å². The highest BCUT2D eigenvalue weighted by Crippen LogP contribution is 2.46. The summed E-state index contributed by atoms with van der Waals surface area (Å²) in [6.07, 6.45) is 9.52. The summed E-state index contributed by atoms with van der Waals surface area (Å²) in [5, 5.41) is 0. The van der Waals surface area contributed by atoms with Gasteiger partial charge in [0.2, 0.25) is 0 Å². The van der Waals surface area contributed by atoms with Crippen LogP contribution in [0.2, 0.25) is 0 Å². The predicted molar refractivity (Wildman–Crippen MR) is 92.4 cm³/mol. The Morgan fingerprint density at radius 3 is 2.10 bits per heavy atom. The molecule has 21 heavy (non-hydrogen) atoms. The van der Waals surface area contributed by atoms with Gasteiger partial charge in [0.05, 0.1) is 0 Å². The van der Waals surface area contributed by atoms with Crippen molar-refractivity contribution in [2.45, 2.75) is 91.1 Å². The molecule has 0 spiro atoms. The first-order chi connectivity index (χ1) is 9.84. The highest BCUT2D eigenvalue weighted by Gasteiger charge is 2.44. The molecular formula is C19H38N2. The average molecular weight is 295 g/mol. The van der Waals surface area contributed by atoms with E-state index in [9.17, 15) is 0 Å². The van der Waals surface area contributed by atoms with Crippen LogP contribution < -0.4 is 5.73 Å². The smallest absolute Gasteiger partial charge is 0.0334 e. The fourth-order valence-corrected chi connectivity index (χ4v) is 4.36. The van der Waals surface area contributed by atoms with Gasteiger partial charge in [0.15, 0.2) is 0 Å². The lowest BCUT2D eigenvalue weighted by atomic mass is 9.65. The Morgan fingerprint density at radius 2 is 1.71 bits per heavy atom. The number of hydrogen-bond donors (Lipinski definition) is 1. The zero-order valence-electron chi connectivity index (χ0n) is 15.1. The van der Waals surface area contributed by atoms with Gasteiger partial charge in [0, 0.05) is 24.7 Å². The second-order valence-corrected chi connectivity index (χ2v) is 8.73. The summed E-state index contributed by atoms with van der Waals surface area (Å²) in [7, 11) is 0. The molecule has 2 nitrogen and oxygen atoms in total. The minimum atomic E-state index is 0.289. The van der Waals surface area contributed by atoms with Gasteiger partial charge in [-0.15, -0.1) is 0 Å². The average Bonchev–Trinajstić information content (AvgIpc) is 3.28. The molecule has 2 saturated carbocycles. The first-order valence-corrected chi connectivity index (χ1v) is 9.31. The van der Waals surface area contributed by atoms with Crippen LogP contribution in [0.4, 0.5) is 0 Å². The largest absolute Gasteiger partial charge is 0.329 e. The van der Waals surface area contributed by atoms with Gasteiger partial charge in [-0.2, -0.15) is 0 Å². The summed E-state index contributed by atoms with van der Waals surface area (Å²) < 4.78 is 0. The molecule has 2 aliphatic carbocycles. The lowest BCUT2D eigenvalue weighted by Gasteiger charge is -2.52. The predicted octanol–water partition coefficient (Wildman–Crippen LogP) is 4.43. The Labute approximate surface area is 132 Å². The third kappa shape index (κ3) is 3.82. The molecule has 2 N–H and O–H groups in total. The molecule has 0 bridgehead atoms. The van der Waals surface area contributed by atoms with E-state index in [0.29, 0.717) is 11.5 Å². The van der Waals surface area contributed by atoms with Crippen LogP contribution in [-0.2, 0) is 0 Å². The van der Waals surface area contributed by atoms with Crippen molar-refractivity contribution in [3.63, 3.8) is 0 Å². The van der Waals surface area contributed by atoms with Gasteiger partial charge >= 0.3 is 0 Å². The van der Waals surface area contributed by atoms with E-state index in [4.69, 9.17) is 5.73 Å². The van der Waals surface area contributed by atoms with E-state index in [-0.39, 0.29) is 5.54 Å². The van der Waals surface area contributed by atoms with E-state index in [1.807, 2.05) is 0 Å². The summed E-state index contributed by atoms with van der Waals surface area (Å²) in [5.41, 5.74) is 7.11. The van der Waals surface area contributed by atoms with Crippen molar-refractivity contribution < 1.29 is 0 Å². The van der Waals surface area contributed by atoms with E-state index in [1.54, 1.807) is 0 Å². The van der Waals surface area contributed by atoms with Gasteiger partial charge in [0.25, 0.3) is 0 Å². The maximum atomic E-state index is 6.32. The van der Waals surface area contributed by atoms with Gasteiger partial charge in [-0.25, -0.2) is 0 Å². The molecular weight excluding hydrogens is 256 g/mol. The van der Waals surface area contributed by atoms with E-state index in [1.165, 1.54) is 51.5 Å². The topological polar surface area (TPSA) is 29.3 Å². The second kappa shape index (κ2) is 6.58. The summed E-state index contributed by atoms with van der Waals surface area (Å²) in [6, 6.07) is 0.630. The number of hydrogen-bond acceptors (Lipinski definition) is 2. The summed E-state index contributed by atoms with van der Waals surface area (Å²) in [5.74, 6) is 1.85. The Kier molecular flexibility index (Phi) is 5.41. The van der Waals surface area contributed by atoms with E-state index in [0.717, 1.165) is 18.4 Å². The van der Waals surface area contributed by atoms with Crippen LogP contribution in [0.3, 0.4) is 0 Å². The maximum absolute atomic E-state index is 6.32. The van der Waals surface area contributed by atoms with Crippen LogP contribution in [-0.4, -0.2) is 29.6 Å². The Balaban J connectivity index is 2.05. The first-order valence-electron chi connectivity index (χ1n) is 9.31. The minimum Gasteiger partial charge on any atom is -0.329 e. The molecule has 0 unspecified atom stereocenters. The van der Waals surface area contributed by atoms with Crippen molar-refractivity contribution in [2.24, 2.45) is 23.0 Å². The highest BCUT2D eigenvalue weighted by molar-refractivity contribution is 5.00. The van der Waals surface area contributed by atoms with Gasteiger partial charge in [-0.1, -0.05) is 27.2 Å². The molecule has 0 aromatic rings. The third-order valence-corrected chi connectivity index (χ3v) is 6.70. The highest BCUT2D eigenvalue weighted by atomic mass is 15.2. The molecule has 2 fully saturated rings. The van der Waals surface area contributed by atoms with E-state index < -0.39 is 0 Å². The van der Waals surface area contributed by atoms with Gasteiger partial charge in [0.1, 0.15) is 0 Å². The second-order valence-electron chi connectivity index (χ2n) is 8.73. The Bertz CT molecular complexity index is 322. The molecule has 0 saturated heterocycles. The minimum absolute atomic E-state index is 0.289. The Hall–Kier alpha value is -0.0800. The SMILES string of the molecule is CCC(C)(C)C1CCC(CN)(N(CC2CC2)C(C)C)CC1. The summed E-state index contributed by atoms with van der Waals surface area (Å²) >= 11 is 0. The fourth-order valence-electron chi connectivity index (χ4n) is 4.36. The molecule has 2 aliphatic rings. The van der Waals surface area contributed by atoms with Crippen molar-refractivity contribution in [3.05, 3.63) is 0 Å². The van der Waals surface area contributed by atoms with Crippen LogP contribution in [0.15, 0.2) is 0 Å². The summed E-state index contributed by atoms with van der Waals surface area (Å²) in [6.45, 7) is 14.1. The molecule has 0 heterocycles. The van der Waals surface area contributed by atoms with Crippen molar-refractivity contribution in [2.75, 3.05) is 13.1 Å². The molecule has 2 rings (SSSR count). The molecule has 0 aromatic heterocycles. The number of nitrogens with zero attached hydrogens (tertiary/aromatic N) is 1. The first kappa shape index (κ1) is 17.3. The van der Waals surface area contributed by atoms with E-state index >= 15 is 0 Å².